The van der Waals surface area contributed by atoms with Crippen LogP contribution < -0.4 is 14.5 Å². The third-order valence-electron chi connectivity index (χ3n) is 7.55. The van der Waals surface area contributed by atoms with Gasteiger partial charge in [-0.1, -0.05) is 36.4 Å². The van der Waals surface area contributed by atoms with Gasteiger partial charge in [0.25, 0.3) is 5.91 Å². The monoisotopic (exact) mass is 508 g/mol. The first-order valence-electron chi connectivity index (χ1n) is 13.2. The van der Waals surface area contributed by atoms with Gasteiger partial charge < -0.3 is 14.5 Å². The maximum Gasteiger partial charge on any atom is 0.278 e. The number of benzene rings is 3. The summed E-state index contributed by atoms with van der Waals surface area (Å²) in [6.07, 6.45) is 5.25. The molecule has 0 saturated heterocycles. The van der Waals surface area contributed by atoms with Gasteiger partial charge in [-0.05, 0) is 78.4 Å². The molecule has 0 radical (unpaired) electrons. The third kappa shape index (κ3) is 4.91. The van der Waals surface area contributed by atoms with E-state index in [1.165, 1.54) is 11.3 Å². The Kier molecular flexibility index (Phi) is 7.23. The van der Waals surface area contributed by atoms with Crippen LogP contribution in [0.4, 0.5) is 11.4 Å². The number of amides is 1. The SMILES string of the molecule is COc1ccccc1C(=O)N1N=C2/C(=C/c3ccc(N(C)C)cc3)CCC[C@H]2[C@H]1c1ccc(N(C)C)cc1. The Morgan fingerprint density at radius 1 is 0.921 bits per heavy atom. The molecule has 0 unspecified atom stereocenters. The fraction of sp³-hybridized carbons (Fsp3) is 0.312. The van der Waals surface area contributed by atoms with Crippen molar-refractivity contribution in [2.24, 2.45) is 11.0 Å². The van der Waals surface area contributed by atoms with E-state index in [1.54, 1.807) is 12.1 Å². The van der Waals surface area contributed by atoms with Crippen molar-refractivity contribution in [1.82, 2.24) is 5.01 Å². The second-order valence-electron chi connectivity index (χ2n) is 10.4. The largest absolute Gasteiger partial charge is 0.496 e. The van der Waals surface area contributed by atoms with Crippen LogP contribution >= 0.6 is 0 Å². The van der Waals surface area contributed by atoms with Crippen molar-refractivity contribution in [2.45, 2.75) is 25.3 Å². The summed E-state index contributed by atoms with van der Waals surface area (Å²) < 4.78 is 5.54. The number of hydrogen-bond donors (Lipinski definition) is 0. The van der Waals surface area contributed by atoms with E-state index in [-0.39, 0.29) is 17.9 Å². The molecular formula is C32H36N4O2. The summed E-state index contributed by atoms with van der Waals surface area (Å²) in [6.45, 7) is 0. The Morgan fingerprint density at radius 2 is 1.55 bits per heavy atom. The van der Waals surface area contributed by atoms with Crippen LogP contribution in [0.5, 0.6) is 5.75 Å². The van der Waals surface area contributed by atoms with Gasteiger partial charge in [-0.25, -0.2) is 5.01 Å². The van der Waals surface area contributed by atoms with Crippen LogP contribution in [-0.4, -0.2) is 51.9 Å². The van der Waals surface area contributed by atoms with Gasteiger partial charge in [-0.2, -0.15) is 5.10 Å². The Hall–Kier alpha value is -4.06. The summed E-state index contributed by atoms with van der Waals surface area (Å²) in [5, 5.41) is 6.76. The van der Waals surface area contributed by atoms with Crippen LogP contribution in [0.15, 0.2) is 83.5 Å². The van der Waals surface area contributed by atoms with Gasteiger partial charge in [0.2, 0.25) is 0 Å². The van der Waals surface area contributed by atoms with Crippen LogP contribution in [0.1, 0.15) is 46.8 Å². The summed E-state index contributed by atoms with van der Waals surface area (Å²) in [5.41, 5.74) is 7.30. The average molecular weight is 509 g/mol. The number of carbonyl (C=O) groups excluding carboxylic acids is 1. The van der Waals surface area contributed by atoms with E-state index in [0.717, 1.165) is 41.8 Å². The van der Waals surface area contributed by atoms with Crippen molar-refractivity contribution < 1.29 is 9.53 Å². The summed E-state index contributed by atoms with van der Waals surface area (Å²) in [6, 6.07) is 24.3. The Morgan fingerprint density at radius 3 is 2.18 bits per heavy atom. The highest BCUT2D eigenvalue weighted by Gasteiger charge is 2.44. The lowest BCUT2D eigenvalue weighted by Crippen LogP contribution is -2.32. The van der Waals surface area contributed by atoms with Crippen LogP contribution in [0.3, 0.4) is 0 Å². The van der Waals surface area contributed by atoms with Crippen molar-refractivity contribution in [3.05, 3.63) is 95.1 Å². The standard InChI is InChI=1S/C32H36N4O2/c1-34(2)25-17-13-22(14-18-25)21-24-9-8-11-28-30(24)33-36(32(37)27-10-6-7-12-29(27)38-5)31(28)23-15-19-26(20-16-23)35(3)4/h6-7,10,12-21,28,31H,8-9,11H2,1-5H3/b24-21+/t28-,31-/m1/s1. The molecule has 2 atom stereocenters. The lowest BCUT2D eigenvalue weighted by atomic mass is 9.77. The molecule has 0 spiro atoms. The van der Waals surface area contributed by atoms with Crippen LogP contribution in [0.2, 0.25) is 0 Å². The van der Waals surface area contributed by atoms with Crippen molar-refractivity contribution in [1.29, 1.82) is 0 Å². The molecule has 196 valence electrons. The third-order valence-corrected chi connectivity index (χ3v) is 7.55. The number of nitrogens with zero attached hydrogens (tertiary/aromatic N) is 4. The highest BCUT2D eigenvalue weighted by Crippen LogP contribution is 2.45. The minimum Gasteiger partial charge on any atom is -0.496 e. The van der Waals surface area contributed by atoms with Crippen LogP contribution in [-0.2, 0) is 0 Å². The number of hydrogen-bond acceptors (Lipinski definition) is 5. The topological polar surface area (TPSA) is 48.4 Å². The van der Waals surface area contributed by atoms with Crippen LogP contribution in [0.25, 0.3) is 6.08 Å². The van der Waals surface area contributed by atoms with Crippen molar-refractivity contribution in [3.8, 4) is 5.75 Å². The molecule has 1 saturated carbocycles. The van der Waals surface area contributed by atoms with Crippen molar-refractivity contribution in [2.75, 3.05) is 45.1 Å². The zero-order chi connectivity index (χ0) is 26.8. The number of rotatable bonds is 6. The molecule has 1 aliphatic heterocycles. The zero-order valence-corrected chi connectivity index (χ0v) is 22.9. The maximum absolute atomic E-state index is 14.0. The van der Waals surface area contributed by atoms with Gasteiger partial charge in [0.05, 0.1) is 24.4 Å². The Bertz CT molecular complexity index is 1360. The highest BCUT2D eigenvalue weighted by atomic mass is 16.5. The van der Waals surface area contributed by atoms with Crippen LogP contribution in [0, 0.1) is 5.92 Å². The molecule has 0 bridgehead atoms. The lowest BCUT2D eigenvalue weighted by Gasteiger charge is -2.30. The molecular weight excluding hydrogens is 472 g/mol. The minimum atomic E-state index is -0.168. The van der Waals surface area contributed by atoms with E-state index >= 15 is 0 Å². The normalized spacial score (nSPS) is 19.7. The van der Waals surface area contributed by atoms with E-state index in [0.29, 0.717) is 11.3 Å². The van der Waals surface area contributed by atoms with Gasteiger partial charge in [-0.15, -0.1) is 0 Å². The molecule has 1 heterocycles. The number of anilines is 2. The molecule has 0 aromatic heterocycles. The first-order valence-corrected chi connectivity index (χ1v) is 13.2. The summed E-state index contributed by atoms with van der Waals surface area (Å²) >= 11 is 0. The molecule has 3 aromatic carbocycles. The predicted molar refractivity (Wildman–Crippen MR) is 156 cm³/mol. The molecule has 1 fully saturated rings. The Balaban J connectivity index is 1.56. The summed E-state index contributed by atoms with van der Waals surface area (Å²) in [5.74, 6) is 0.562. The first kappa shape index (κ1) is 25.6. The number of ether oxygens (including phenoxy) is 1. The molecule has 3 aromatic rings. The summed E-state index contributed by atoms with van der Waals surface area (Å²) in [4.78, 5) is 18.2. The molecule has 2 aliphatic rings. The van der Waals surface area contributed by atoms with Gasteiger partial charge in [0.1, 0.15) is 5.75 Å². The lowest BCUT2D eigenvalue weighted by molar-refractivity contribution is 0.0677. The number of para-hydroxylation sites is 1. The van der Waals surface area contributed by atoms with E-state index in [2.05, 4.69) is 64.4 Å². The number of allylic oxidation sites excluding steroid dienone is 1. The number of carbonyl (C=O) groups is 1. The van der Waals surface area contributed by atoms with E-state index in [4.69, 9.17) is 9.84 Å². The molecule has 1 amide bonds. The quantitative estimate of drug-likeness (QED) is 0.394. The molecule has 6 nitrogen and oxygen atoms in total. The van der Waals surface area contributed by atoms with Crippen molar-refractivity contribution in [3.63, 3.8) is 0 Å². The van der Waals surface area contributed by atoms with Gasteiger partial charge in [0.15, 0.2) is 0 Å². The van der Waals surface area contributed by atoms with E-state index in [1.807, 2.05) is 52.5 Å². The second kappa shape index (κ2) is 10.7. The number of hydrazone groups is 1. The first-order chi connectivity index (χ1) is 18.4. The van der Waals surface area contributed by atoms with Gasteiger partial charge >= 0.3 is 0 Å². The molecule has 1 aliphatic carbocycles. The molecule has 0 N–H and O–H groups in total. The zero-order valence-electron chi connectivity index (χ0n) is 22.9. The van der Waals surface area contributed by atoms with Gasteiger partial charge in [-0.3, -0.25) is 4.79 Å². The predicted octanol–water partition coefficient (Wildman–Crippen LogP) is 6.26. The van der Waals surface area contributed by atoms with Crippen molar-refractivity contribution >= 4 is 29.1 Å². The maximum atomic E-state index is 14.0. The second-order valence-corrected chi connectivity index (χ2v) is 10.4. The Labute approximate surface area is 225 Å². The number of methoxy groups -OCH3 is 1. The summed E-state index contributed by atoms with van der Waals surface area (Å²) in [7, 11) is 9.76. The average Bonchev–Trinajstić information content (AvgIpc) is 3.33. The molecule has 5 rings (SSSR count). The molecule has 38 heavy (non-hydrogen) atoms. The van der Waals surface area contributed by atoms with E-state index in [9.17, 15) is 4.79 Å². The fourth-order valence-electron chi connectivity index (χ4n) is 5.49. The fourth-order valence-corrected chi connectivity index (χ4v) is 5.49. The highest BCUT2D eigenvalue weighted by molar-refractivity contribution is 6.09. The number of fused-ring (bicyclic) bond motifs is 1. The molecule has 6 heteroatoms. The minimum absolute atomic E-state index is 0.138. The van der Waals surface area contributed by atoms with Gasteiger partial charge in [0, 0.05) is 45.5 Å². The smallest absolute Gasteiger partial charge is 0.278 e. The van der Waals surface area contributed by atoms with E-state index < -0.39 is 0 Å².